The van der Waals surface area contributed by atoms with E-state index in [2.05, 4.69) is 17.6 Å². The van der Waals surface area contributed by atoms with Gasteiger partial charge in [-0.2, -0.15) is 0 Å². The molecule has 2 N–H and O–H groups in total. The largest absolute Gasteiger partial charge is 0.384 e. The number of methoxy groups -OCH3 is 1. The summed E-state index contributed by atoms with van der Waals surface area (Å²) in [6, 6.07) is 0. The van der Waals surface area contributed by atoms with Crippen LogP contribution in [0.2, 0.25) is 0 Å². The third-order valence-corrected chi connectivity index (χ3v) is 3.78. The number of piperidine rings is 1. The molecule has 1 aliphatic rings. The third-order valence-electron chi connectivity index (χ3n) is 3.78. The monoisotopic (exact) mass is 256 g/mol. The Kier molecular flexibility index (Phi) is 7.28. The van der Waals surface area contributed by atoms with Gasteiger partial charge >= 0.3 is 0 Å². The van der Waals surface area contributed by atoms with E-state index in [9.17, 15) is 4.79 Å². The molecule has 1 rings (SSSR count). The van der Waals surface area contributed by atoms with E-state index in [4.69, 9.17) is 4.74 Å². The van der Waals surface area contributed by atoms with Gasteiger partial charge in [-0.05, 0) is 32.4 Å². The van der Waals surface area contributed by atoms with Crippen molar-refractivity contribution in [1.82, 2.24) is 10.6 Å². The first-order chi connectivity index (χ1) is 8.75. The summed E-state index contributed by atoms with van der Waals surface area (Å²) in [6.07, 6.45) is 6.52. The maximum atomic E-state index is 12.3. The van der Waals surface area contributed by atoms with Crippen molar-refractivity contribution in [3.05, 3.63) is 0 Å². The van der Waals surface area contributed by atoms with Gasteiger partial charge in [0.2, 0.25) is 5.91 Å². The molecule has 0 aromatic rings. The molecule has 1 saturated heterocycles. The summed E-state index contributed by atoms with van der Waals surface area (Å²) in [4.78, 5) is 12.3. The lowest BCUT2D eigenvalue weighted by Gasteiger charge is -2.35. The molecule has 18 heavy (non-hydrogen) atoms. The highest BCUT2D eigenvalue weighted by Crippen LogP contribution is 2.29. The van der Waals surface area contributed by atoms with Crippen molar-refractivity contribution in [3.63, 3.8) is 0 Å². The standard InChI is InChI=1S/C14H28N2O2/c1-3-4-5-6-9-16-13(17)14(12-18-2)7-10-15-11-8-14/h15H,3-12H2,1-2H3,(H,16,17). The van der Waals surface area contributed by atoms with E-state index in [1.807, 2.05) is 0 Å². The molecule has 106 valence electrons. The van der Waals surface area contributed by atoms with E-state index in [1.165, 1.54) is 19.3 Å². The first kappa shape index (κ1) is 15.4. The molecule has 4 heteroatoms. The normalized spacial score (nSPS) is 18.6. The highest BCUT2D eigenvalue weighted by atomic mass is 16.5. The van der Waals surface area contributed by atoms with E-state index in [-0.39, 0.29) is 11.3 Å². The summed E-state index contributed by atoms with van der Waals surface area (Å²) in [6.45, 7) is 5.35. The summed E-state index contributed by atoms with van der Waals surface area (Å²) < 4.78 is 5.26. The molecule has 0 aromatic heterocycles. The number of carbonyl (C=O) groups excluding carboxylic acids is 1. The quantitative estimate of drug-likeness (QED) is 0.650. The Labute approximate surface area is 111 Å². The number of amides is 1. The highest BCUT2D eigenvalue weighted by molar-refractivity contribution is 5.82. The highest BCUT2D eigenvalue weighted by Gasteiger charge is 2.39. The van der Waals surface area contributed by atoms with Gasteiger partial charge in [-0.15, -0.1) is 0 Å². The topological polar surface area (TPSA) is 50.4 Å². The summed E-state index contributed by atoms with van der Waals surface area (Å²) >= 11 is 0. The van der Waals surface area contributed by atoms with Crippen molar-refractivity contribution in [2.24, 2.45) is 5.41 Å². The molecular formula is C14H28N2O2. The van der Waals surface area contributed by atoms with Crippen molar-refractivity contribution >= 4 is 5.91 Å². The van der Waals surface area contributed by atoms with E-state index in [0.29, 0.717) is 6.61 Å². The Morgan fingerprint density at radius 2 is 2.00 bits per heavy atom. The van der Waals surface area contributed by atoms with Crippen LogP contribution in [-0.4, -0.2) is 39.3 Å². The Bertz CT molecular complexity index is 232. The lowest BCUT2D eigenvalue weighted by molar-refractivity contribution is -0.136. The minimum absolute atomic E-state index is 0.183. The fourth-order valence-corrected chi connectivity index (χ4v) is 2.56. The molecule has 0 atom stereocenters. The minimum Gasteiger partial charge on any atom is -0.384 e. The van der Waals surface area contributed by atoms with Gasteiger partial charge in [-0.1, -0.05) is 26.2 Å². The number of unbranched alkanes of at least 4 members (excludes halogenated alkanes) is 3. The lowest BCUT2D eigenvalue weighted by Crippen LogP contribution is -2.50. The molecule has 0 spiro atoms. The Morgan fingerprint density at radius 3 is 2.61 bits per heavy atom. The van der Waals surface area contributed by atoms with Crippen molar-refractivity contribution in [3.8, 4) is 0 Å². The predicted molar refractivity (Wildman–Crippen MR) is 73.6 cm³/mol. The van der Waals surface area contributed by atoms with Gasteiger partial charge < -0.3 is 15.4 Å². The average molecular weight is 256 g/mol. The second-order valence-electron chi connectivity index (χ2n) is 5.28. The Morgan fingerprint density at radius 1 is 1.28 bits per heavy atom. The van der Waals surface area contributed by atoms with Crippen LogP contribution in [0.5, 0.6) is 0 Å². The van der Waals surface area contributed by atoms with Crippen LogP contribution in [-0.2, 0) is 9.53 Å². The van der Waals surface area contributed by atoms with Crippen LogP contribution in [0.1, 0.15) is 45.4 Å². The second kappa shape index (κ2) is 8.48. The zero-order chi connectivity index (χ0) is 13.3. The molecule has 0 aliphatic carbocycles. The molecule has 0 unspecified atom stereocenters. The molecule has 0 radical (unpaired) electrons. The van der Waals surface area contributed by atoms with Crippen LogP contribution in [0.4, 0.5) is 0 Å². The van der Waals surface area contributed by atoms with Gasteiger partial charge in [0.25, 0.3) is 0 Å². The zero-order valence-corrected chi connectivity index (χ0v) is 11.9. The smallest absolute Gasteiger partial charge is 0.228 e. The number of nitrogens with one attached hydrogen (secondary N) is 2. The first-order valence-electron chi connectivity index (χ1n) is 7.23. The summed E-state index contributed by atoms with van der Waals surface area (Å²) in [5, 5.41) is 6.39. The predicted octanol–water partition coefficient (Wildman–Crippen LogP) is 1.70. The molecular weight excluding hydrogens is 228 g/mol. The fourth-order valence-electron chi connectivity index (χ4n) is 2.56. The van der Waals surface area contributed by atoms with E-state index < -0.39 is 0 Å². The summed E-state index contributed by atoms with van der Waals surface area (Å²) in [5.74, 6) is 0.183. The van der Waals surface area contributed by atoms with Crippen LogP contribution >= 0.6 is 0 Å². The molecule has 0 bridgehead atoms. The lowest BCUT2D eigenvalue weighted by atomic mass is 9.78. The van der Waals surface area contributed by atoms with Crippen molar-refractivity contribution in [1.29, 1.82) is 0 Å². The van der Waals surface area contributed by atoms with Gasteiger partial charge in [0.05, 0.1) is 12.0 Å². The van der Waals surface area contributed by atoms with Crippen LogP contribution in [0.3, 0.4) is 0 Å². The molecule has 1 heterocycles. The third kappa shape index (κ3) is 4.58. The van der Waals surface area contributed by atoms with Gasteiger partial charge in [-0.25, -0.2) is 0 Å². The van der Waals surface area contributed by atoms with Crippen molar-refractivity contribution in [2.75, 3.05) is 33.4 Å². The maximum absolute atomic E-state index is 12.3. The minimum atomic E-state index is -0.301. The average Bonchev–Trinajstić information content (AvgIpc) is 2.39. The summed E-state index contributed by atoms with van der Waals surface area (Å²) in [5.41, 5.74) is -0.301. The van der Waals surface area contributed by atoms with Gasteiger partial charge in [0.1, 0.15) is 0 Å². The fraction of sp³-hybridized carbons (Fsp3) is 0.929. The number of ether oxygens (including phenoxy) is 1. The summed E-state index contributed by atoms with van der Waals surface area (Å²) in [7, 11) is 1.68. The van der Waals surface area contributed by atoms with E-state index in [0.717, 1.165) is 38.9 Å². The van der Waals surface area contributed by atoms with E-state index in [1.54, 1.807) is 7.11 Å². The van der Waals surface area contributed by atoms with Crippen molar-refractivity contribution < 1.29 is 9.53 Å². The number of rotatable bonds is 8. The molecule has 0 aromatic carbocycles. The Hall–Kier alpha value is -0.610. The first-order valence-corrected chi connectivity index (χ1v) is 7.23. The van der Waals surface area contributed by atoms with Gasteiger partial charge in [-0.3, -0.25) is 4.79 Å². The van der Waals surface area contributed by atoms with Crippen molar-refractivity contribution in [2.45, 2.75) is 45.4 Å². The van der Waals surface area contributed by atoms with Crippen LogP contribution < -0.4 is 10.6 Å². The Balaban J connectivity index is 2.35. The SMILES string of the molecule is CCCCCCNC(=O)C1(COC)CCNCC1. The maximum Gasteiger partial charge on any atom is 0.228 e. The number of carbonyl (C=O) groups is 1. The number of hydrogen-bond donors (Lipinski definition) is 2. The molecule has 1 amide bonds. The zero-order valence-electron chi connectivity index (χ0n) is 11.9. The van der Waals surface area contributed by atoms with Gasteiger partial charge in [0.15, 0.2) is 0 Å². The van der Waals surface area contributed by atoms with Gasteiger partial charge in [0, 0.05) is 13.7 Å². The van der Waals surface area contributed by atoms with Crippen LogP contribution in [0, 0.1) is 5.41 Å². The van der Waals surface area contributed by atoms with Crippen LogP contribution in [0.15, 0.2) is 0 Å². The molecule has 0 saturated carbocycles. The second-order valence-corrected chi connectivity index (χ2v) is 5.28. The van der Waals surface area contributed by atoms with E-state index >= 15 is 0 Å². The van der Waals surface area contributed by atoms with Crippen LogP contribution in [0.25, 0.3) is 0 Å². The molecule has 1 fully saturated rings. The molecule has 1 aliphatic heterocycles. The number of hydrogen-bond acceptors (Lipinski definition) is 3. The molecule has 4 nitrogen and oxygen atoms in total.